The van der Waals surface area contributed by atoms with Gasteiger partial charge in [0.05, 0.1) is 5.57 Å². The van der Waals surface area contributed by atoms with Gasteiger partial charge in [-0.1, -0.05) is 19.9 Å². The first-order valence-corrected chi connectivity index (χ1v) is 6.57. The number of benzene rings is 1. The summed E-state index contributed by atoms with van der Waals surface area (Å²) in [6.45, 7) is 5.78. The minimum Gasteiger partial charge on any atom is -0.511 e. The zero-order chi connectivity index (χ0) is 14.9. The molecule has 0 saturated carbocycles. The minimum absolute atomic E-state index is 0.0514. The topological polar surface area (TPSA) is 69.9 Å². The molecule has 0 bridgehead atoms. The number of aliphatic imine (C=N–C) groups is 1. The van der Waals surface area contributed by atoms with Crippen LogP contribution in [0.15, 0.2) is 34.5 Å². The van der Waals surface area contributed by atoms with Crippen LogP contribution in [0.3, 0.4) is 0 Å². The molecule has 2 rings (SSSR count). The fourth-order valence-corrected chi connectivity index (χ4v) is 2.32. The van der Waals surface area contributed by atoms with Gasteiger partial charge in [0, 0.05) is 19.1 Å². The molecule has 0 heterocycles. The molecule has 1 aromatic rings. The van der Waals surface area contributed by atoms with Gasteiger partial charge in [-0.3, -0.25) is 9.79 Å². The Balaban J connectivity index is 2.31. The lowest BCUT2D eigenvalue weighted by atomic mass is 9.77. The van der Waals surface area contributed by atoms with Crippen LogP contribution in [0.5, 0.6) is 5.75 Å². The summed E-state index contributed by atoms with van der Waals surface area (Å²) >= 11 is 0. The maximum absolute atomic E-state index is 12.0. The maximum atomic E-state index is 12.0. The van der Waals surface area contributed by atoms with E-state index in [0.717, 1.165) is 5.56 Å². The lowest BCUT2D eigenvalue weighted by Crippen LogP contribution is -2.26. The number of aromatic hydroxyl groups is 1. The molecule has 1 aliphatic rings. The van der Waals surface area contributed by atoms with Gasteiger partial charge in [0.25, 0.3) is 0 Å². The SMILES string of the molecule is Cc1ccc(O)c(N=CC2=C(O)CC(C)(C)CC2=O)c1. The maximum Gasteiger partial charge on any atom is 0.168 e. The van der Waals surface area contributed by atoms with Crippen LogP contribution in [0.1, 0.15) is 32.3 Å². The van der Waals surface area contributed by atoms with Crippen LogP contribution in [0.4, 0.5) is 5.69 Å². The highest BCUT2D eigenvalue weighted by Crippen LogP contribution is 2.35. The van der Waals surface area contributed by atoms with Gasteiger partial charge in [0.2, 0.25) is 0 Å². The van der Waals surface area contributed by atoms with Crippen molar-refractivity contribution in [2.24, 2.45) is 10.4 Å². The summed E-state index contributed by atoms with van der Waals surface area (Å²) in [6, 6.07) is 5.06. The fourth-order valence-electron chi connectivity index (χ4n) is 2.32. The number of nitrogens with zero attached hydrogens (tertiary/aromatic N) is 1. The first kappa shape index (κ1) is 14.3. The second kappa shape index (κ2) is 5.12. The number of allylic oxidation sites excluding steroid dienone is 2. The van der Waals surface area contributed by atoms with Gasteiger partial charge in [-0.2, -0.15) is 0 Å². The number of aliphatic hydroxyl groups excluding tert-OH is 1. The molecule has 0 saturated heterocycles. The summed E-state index contributed by atoms with van der Waals surface area (Å²) < 4.78 is 0. The number of Topliss-reactive ketones (excluding diaryl/α,β-unsaturated/α-hetero) is 1. The second-order valence-electron chi connectivity index (χ2n) is 6.05. The Morgan fingerprint density at radius 1 is 1.25 bits per heavy atom. The standard InChI is InChI=1S/C16H19NO3/c1-10-4-5-13(18)12(6-10)17-9-11-14(19)7-16(2,3)8-15(11)20/h4-6,9,18-19H,7-8H2,1-3H3. The van der Waals surface area contributed by atoms with Crippen molar-refractivity contribution in [3.05, 3.63) is 35.1 Å². The van der Waals surface area contributed by atoms with Gasteiger partial charge < -0.3 is 10.2 Å². The molecule has 20 heavy (non-hydrogen) atoms. The molecule has 1 aliphatic carbocycles. The lowest BCUT2D eigenvalue weighted by Gasteiger charge is -2.28. The predicted molar refractivity (Wildman–Crippen MR) is 78.7 cm³/mol. The van der Waals surface area contributed by atoms with Gasteiger partial charge in [0.15, 0.2) is 5.78 Å². The summed E-state index contributed by atoms with van der Waals surface area (Å²) in [5.74, 6) is 0.00677. The number of phenols is 1. The Morgan fingerprint density at radius 3 is 2.60 bits per heavy atom. The number of rotatable bonds is 2. The van der Waals surface area contributed by atoms with E-state index in [-0.39, 0.29) is 28.3 Å². The van der Waals surface area contributed by atoms with E-state index in [0.29, 0.717) is 18.5 Å². The lowest BCUT2D eigenvalue weighted by molar-refractivity contribution is -0.117. The van der Waals surface area contributed by atoms with Crippen LogP contribution in [0.25, 0.3) is 0 Å². The van der Waals surface area contributed by atoms with Crippen molar-refractivity contribution in [2.75, 3.05) is 0 Å². The van der Waals surface area contributed by atoms with E-state index in [1.807, 2.05) is 20.8 Å². The average Bonchev–Trinajstić information content (AvgIpc) is 2.30. The van der Waals surface area contributed by atoms with Crippen LogP contribution < -0.4 is 0 Å². The molecular weight excluding hydrogens is 254 g/mol. The number of aliphatic hydroxyl groups is 1. The van der Waals surface area contributed by atoms with E-state index in [1.165, 1.54) is 6.21 Å². The van der Waals surface area contributed by atoms with E-state index in [2.05, 4.69) is 4.99 Å². The molecule has 4 heteroatoms. The molecule has 0 amide bonds. The van der Waals surface area contributed by atoms with Crippen molar-refractivity contribution in [3.8, 4) is 5.75 Å². The quantitative estimate of drug-likeness (QED) is 0.809. The molecule has 1 aromatic carbocycles. The Kier molecular flexibility index (Phi) is 3.66. The number of hydrogen-bond acceptors (Lipinski definition) is 4. The smallest absolute Gasteiger partial charge is 0.168 e. The van der Waals surface area contributed by atoms with Crippen molar-refractivity contribution in [1.29, 1.82) is 0 Å². The highest BCUT2D eigenvalue weighted by atomic mass is 16.3. The van der Waals surface area contributed by atoms with Crippen LogP contribution >= 0.6 is 0 Å². The van der Waals surface area contributed by atoms with Crippen molar-refractivity contribution in [3.63, 3.8) is 0 Å². The van der Waals surface area contributed by atoms with Crippen molar-refractivity contribution in [1.82, 2.24) is 0 Å². The summed E-state index contributed by atoms with van der Waals surface area (Å²) in [7, 11) is 0. The van der Waals surface area contributed by atoms with Gasteiger partial charge in [-0.25, -0.2) is 0 Å². The highest BCUT2D eigenvalue weighted by molar-refractivity contribution is 6.15. The van der Waals surface area contributed by atoms with Crippen molar-refractivity contribution in [2.45, 2.75) is 33.6 Å². The second-order valence-corrected chi connectivity index (χ2v) is 6.05. The third-order valence-corrected chi connectivity index (χ3v) is 3.36. The molecule has 0 aromatic heterocycles. The van der Waals surface area contributed by atoms with Gasteiger partial charge in [-0.05, 0) is 30.0 Å². The average molecular weight is 273 g/mol. The zero-order valence-corrected chi connectivity index (χ0v) is 12.0. The Bertz CT molecular complexity index is 612. The zero-order valence-electron chi connectivity index (χ0n) is 12.0. The third kappa shape index (κ3) is 3.07. The fraction of sp³-hybridized carbons (Fsp3) is 0.375. The Hall–Kier alpha value is -2.10. The van der Waals surface area contributed by atoms with Crippen LogP contribution in [-0.2, 0) is 4.79 Å². The van der Waals surface area contributed by atoms with Gasteiger partial charge >= 0.3 is 0 Å². The molecule has 106 valence electrons. The number of aryl methyl sites for hydroxylation is 1. The van der Waals surface area contributed by atoms with Crippen LogP contribution in [0.2, 0.25) is 0 Å². The van der Waals surface area contributed by atoms with E-state index >= 15 is 0 Å². The van der Waals surface area contributed by atoms with Gasteiger partial charge in [0.1, 0.15) is 17.2 Å². The molecule has 0 spiro atoms. The Morgan fingerprint density at radius 2 is 1.95 bits per heavy atom. The van der Waals surface area contributed by atoms with Crippen LogP contribution in [0, 0.1) is 12.3 Å². The summed E-state index contributed by atoms with van der Waals surface area (Å²) in [6.07, 6.45) is 2.19. The summed E-state index contributed by atoms with van der Waals surface area (Å²) in [5.41, 5.74) is 1.38. The number of phenolic OH excluding ortho intramolecular Hbond substituents is 1. The molecule has 0 atom stereocenters. The van der Waals surface area contributed by atoms with Crippen molar-refractivity contribution < 1.29 is 15.0 Å². The van der Waals surface area contributed by atoms with Crippen LogP contribution in [-0.4, -0.2) is 22.2 Å². The largest absolute Gasteiger partial charge is 0.511 e. The number of hydrogen-bond donors (Lipinski definition) is 2. The molecular formula is C16H19NO3. The first-order chi connectivity index (χ1) is 9.28. The van der Waals surface area contributed by atoms with Crippen molar-refractivity contribution >= 4 is 17.7 Å². The molecule has 0 fully saturated rings. The number of carbonyl (C=O) groups is 1. The Labute approximate surface area is 118 Å². The minimum atomic E-state index is -0.218. The molecule has 0 unspecified atom stereocenters. The highest BCUT2D eigenvalue weighted by Gasteiger charge is 2.32. The monoisotopic (exact) mass is 273 g/mol. The summed E-state index contributed by atoms with van der Waals surface area (Å²) in [4.78, 5) is 16.1. The predicted octanol–water partition coefficient (Wildman–Crippen LogP) is 3.60. The molecule has 2 N–H and O–H groups in total. The molecule has 0 aliphatic heterocycles. The molecule has 0 radical (unpaired) electrons. The van der Waals surface area contributed by atoms with Gasteiger partial charge in [-0.15, -0.1) is 0 Å². The summed E-state index contributed by atoms with van der Waals surface area (Å²) in [5, 5.41) is 19.7. The van der Waals surface area contributed by atoms with E-state index in [1.54, 1.807) is 18.2 Å². The third-order valence-electron chi connectivity index (χ3n) is 3.36. The van der Waals surface area contributed by atoms with E-state index < -0.39 is 0 Å². The first-order valence-electron chi connectivity index (χ1n) is 6.57. The number of ketones is 1. The molecule has 4 nitrogen and oxygen atoms in total. The normalized spacial score (nSPS) is 18.9. The number of carbonyl (C=O) groups excluding carboxylic acids is 1. The van der Waals surface area contributed by atoms with E-state index in [4.69, 9.17) is 0 Å². The van der Waals surface area contributed by atoms with E-state index in [9.17, 15) is 15.0 Å².